The highest BCUT2D eigenvalue weighted by Gasteiger charge is 2.28. The van der Waals surface area contributed by atoms with E-state index in [4.69, 9.17) is 11.5 Å². The highest BCUT2D eigenvalue weighted by atomic mass is 32.2. The van der Waals surface area contributed by atoms with E-state index in [0.29, 0.717) is 0 Å². The number of fused-ring (bicyclic) bond motifs is 1. The van der Waals surface area contributed by atoms with Gasteiger partial charge in [-0.05, 0) is 42.5 Å². The lowest BCUT2D eigenvalue weighted by Gasteiger charge is -2.24. The van der Waals surface area contributed by atoms with E-state index < -0.39 is 0 Å². The second-order valence-electron chi connectivity index (χ2n) is 5.02. The van der Waals surface area contributed by atoms with Crippen LogP contribution in [0.25, 0.3) is 0 Å². The van der Waals surface area contributed by atoms with Crippen molar-refractivity contribution in [2.24, 2.45) is 5.73 Å². The quantitative estimate of drug-likeness (QED) is 0.831. The number of hydrogen-bond acceptors (Lipinski definition) is 5. The van der Waals surface area contributed by atoms with E-state index >= 15 is 0 Å². The molecule has 4 N–H and O–H groups in total. The summed E-state index contributed by atoms with van der Waals surface area (Å²) in [7, 11) is 4.06. The van der Waals surface area contributed by atoms with Crippen LogP contribution in [0.5, 0.6) is 0 Å². The molecule has 0 aliphatic carbocycles. The van der Waals surface area contributed by atoms with E-state index in [9.17, 15) is 0 Å². The molecule has 0 radical (unpaired) electrons. The fourth-order valence-corrected chi connectivity index (χ4v) is 3.43. The molecule has 20 heavy (non-hydrogen) atoms. The Hall–Kier alpha value is -1.85. The van der Waals surface area contributed by atoms with Crippen LogP contribution >= 0.6 is 11.8 Å². The maximum absolute atomic E-state index is 6.25. The van der Waals surface area contributed by atoms with Crippen LogP contribution in [-0.4, -0.2) is 19.6 Å². The van der Waals surface area contributed by atoms with E-state index in [1.807, 2.05) is 32.3 Å². The molecule has 0 fully saturated rings. The molecule has 104 valence electrons. The van der Waals surface area contributed by atoms with Gasteiger partial charge in [0.2, 0.25) is 0 Å². The number of anilines is 4. The van der Waals surface area contributed by atoms with E-state index in [1.165, 1.54) is 5.69 Å². The summed E-state index contributed by atoms with van der Waals surface area (Å²) >= 11 is 1.63. The third-order valence-electron chi connectivity index (χ3n) is 3.39. The Labute approximate surface area is 123 Å². The largest absolute Gasteiger partial charge is 0.399 e. The zero-order valence-corrected chi connectivity index (χ0v) is 12.4. The minimum atomic E-state index is -0.114. The van der Waals surface area contributed by atoms with Gasteiger partial charge in [0.15, 0.2) is 0 Å². The molecule has 0 aromatic heterocycles. The number of nitrogen functional groups attached to an aromatic ring is 1. The molecular formula is C15H18N4S. The predicted octanol–water partition coefficient (Wildman–Crippen LogP) is 2.82. The monoisotopic (exact) mass is 286 g/mol. The molecule has 0 saturated heterocycles. The molecule has 4 nitrogen and oxygen atoms in total. The van der Waals surface area contributed by atoms with Gasteiger partial charge < -0.3 is 21.3 Å². The highest BCUT2D eigenvalue weighted by Crippen LogP contribution is 2.46. The molecular weight excluding hydrogens is 268 g/mol. The van der Waals surface area contributed by atoms with Gasteiger partial charge >= 0.3 is 0 Å². The van der Waals surface area contributed by atoms with Gasteiger partial charge in [-0.25, -0.2) is 0 Å². The van der Waals surface area contributed by atoms with Crippen molar-refractivity contribution in [1.29, 1.82) is 0 Å². The zero-order valence-electron chi connectivity index (χ0n) is 11.6. The van der Waals surface area contributed by atoms with Gasteiger partial charge in [0.1, 0.15) is 5.50 Å². The van der Waals surface area contributed by atoms with Crippen LogP contribution < -0.4 is 21.3 Å². The summed E-state index contributed by atoms with van der Waals surface area (Å²) < 4.78 is 0. The summed E-state index contributed by atoms with van der Waals surface area (Å²) in [4.78, 5) is 5.35. The molecule has 0 amide bonds. The molecule has 1 aliphatic heterocycles. The van der Waals surface area contributed by atoms with Crippen molar-refractivity contribution < 1.29 is 0 Å². The van der Waals surface area contributed by atoms with Crippen LogP contribution in [0.4, 0.5) is 22.7 Å². The van der Waals surface area contributed by atoms with Gasteiger partial charge in [-0.15, -0.1) is 0 Å². The van der Waals surface area contributed by atoms with Gasteiger partial charge in [0.05, 0.1) is 5.69 Å². The maximum atomic E-state index is 6.25. The van der Waals surface area contributed by atoms with Crippen molar-refractivity contribution in [2.75, 3.05) is 29.6 Å². The van der Waals surface area contributed by atoms with E-state index in [-0.39, 0.29) is 5.50 Å². The van der Waals surface area contributed by atoms with Crippen LogP contribution in [0.2, 0.25) is 0 Å². The topological polar surface area (TPSA) is 58.5 Å². The third kappa shape index (κ3) is 2.19. The lowest BCUT2D eigenvalue weighted by Crippen LogP contribution is -2.31. The van der Waals surface area contributed by atoms with E-state index in [1.54, 1.807) is 11.8 Å². The van der Waals surface area contributed by atoms with Crippen LogP contribution in [0.1, 0.15) is 0 Å². The first-order valence-electron chi connectivity index (χ1n) is 6.44. The first-order chi connectivity index (χ1) is 9.56. The summed E-state index contributed by atoms with van der Waals surface area (Å²) in [5.41, 5.74) is 16.1. The Morgan fingerprint density at radius 1 is 1.10 bits per heavy atom. The Bertz CT molecular complexity index is 624. The molecule has 3 rings (SSSR count). The molecule has 5 heteroatoms. The lowest BCUT2D eigenvalue weighted by atomic mass is 10.2. The Morgan fingerprint density at radius 2 is 1.80 bits per heavy atom. The molecule has 0 bridgehead atoms. The van der Waals surface area contributed by atoms with Gasteiger partial charge in [0, 0.05) is 36.1 Å². The minimum absolute atomic E-state index is 0.114. The number of rotatable bonds is 2. The summed E-state index contributed by atoms with van der Waals surface area (Å²) in [5.74, 6) is 0. The molecule has 1 atom stereocenters. The number of nitrogens with two attached hydrogens (primary N) is 2. The average molecular weight is 286 g/mol. The van der Waals surface area contributed by atoms with Crippen molar-refractivity contribution >= 4 is 34.5 Å². The average Bonchev–Trinajstić information content (AvgIpc) is 2.73. The van der Waals surface area contributed by atoms with Crippen LogP contribution in [0.3, 0.4) is 0 Å². The SMILES string of the molecule is CN(C)c1ccc(N2c3ccc(N)cc3SC2N)cc1. The zero-order chi connectivity index (χ0) is 14.3. The number of thioether (sulfide) groups is 1. The fraction of sp³-hybridized carbons (Fsp3) is 0.200. The number of hydrogen-bond donors (Lipinski definition) is 2. The first-order valence-corrected chi connectivity index (χ1v) is 7.32. The summed E-state index contributed by atoms with van der Waals surface area (Å²) in [5, 5.41) is 0. The van der Waals surface area contributed by atoms with Crippen molar-refractivity contribution in [1.82, 2.24) is 0 Å². The molecule has 1 aliphatic rings. The summed E-state index contributed by atoms with van der Waals surface area (Å²) in [6.07, 6.45) is 0. The molecule has 1 heterocycles. The number of nitrogens with zero attached hydrogens (tertiary/aromatic N) is 2. The second kappa shape index (κ2) is 4.92. The first kappa shape index (κ1) is 13.1. The van der Waals surface area contributed by atoms with Crippen molar-refractivity contribution in [3.05, 3.63) is 42.5 Å². The highest BCUT2D eigenvalue weighted by molar-refractivity contribution is 8.00. The van der Waals surface area contributed by atoms with Crippen LogP contribution in [0.15, 0.2) is 47.4 Å². The minimum Gasteiger partial charge on any atom is -0.399 e. The molecule has 0 saturated carbocycles. The van der Waals surface area contributed by atoms with E-state index in [2.05, 4.69) is 34.1 Å². The van der Waals surface area contributed by atoms with Crippen molar-refractivity contribution in [2.45, 2.75) is 10.4 Å². The standard InChI is InChI=1S/C15H18N4S/c1-18(2)11-4-6-12(7-5-11)19-13-8-3-10(16)9-14(13)20-15(19)17/h3-9,15H,16-17H2,1-2H3. The number of benzene rings is 2. The Balaban J connectivity index is 1.98. The maximum Gasteiger partial charge on any atom is 0.134 e. The summed E-state index contributed by atoms with van der Waals surface area (Å²) in [6.45, 7) is 0. The van der Waals surface area contributed by atoms with Crippen LogP contribution in [0, 0.1) is 0 Å². The third-order valence-corrected chi connectivity index (χ3v) is 4.42. The second-order valence-corrected chi connectivity index (χ2v) is 6.17. The molecule has 2 aromatic rings. The van der Waals surface area contributed by atoms with Crippen molar-refractivity contribution in [3.8, 4) is 0 Å². The molecule has 0 spiro atoms. The lowest BCUT2D eigenvalue weighted by molar-refractivity contribution is 0.932. The Kier molecular flexibility index (Phi) is 3.23. The molecule has 1 unspecified atom stereocenters. The van der Waals surface area contributed by atoms with Gasteiger partial charge in [0.25, 0.3) is 0 Å². The van der Waals surface area contributed by atoms with Gasteiger partial charge in [-0.1, -0.05) is 11.8 Å². The van der Waals surface area contributed by atoms with E-state index in [0.717, 1.165) is 22.0 Å². The van der Waals surface area contributed by atoms with Crippen molar-refractivity contribution in [3.63, 3.8) is 0 Å². The smallest absolute Gasteiger partial charge is 0.134 e. The summed E-state index contributed by atoms with van der Waals surface area (Å²) in [6, 6.07) is 14.3. The normalized spacial score (nSPS) is 17.1. The predicted molar refractivity (Wildman–Crippen MR) is 87.6 cm³/mol. The van der Waals surface area contributed by atoms with Gasteiger partial charge in [-0.3, -0.25) is 0 Å². The van der Waals surface area contributed by atoms with Crippen LogP contribution in [-0.2, 0) is 0 Å². The Morgan fingerprint density at radius 3 is 2.45 bits per heavy atom. The fourth-order valence-electron chi connectivity index (χ4n) is 2.34. The molecule has 2 aromatic carbocycles. The van der Waals surface area contributed by atoms with Gasteiger partial charge in [-0.2, -0.15) is 0 Å².